The molecule has 0 aliphatic heterocycles. The molecule has 440 valence electrons. The van der Waals surface area contributed by atoms with Crippen LogP contribution in [-0.4, -0.2) is 116 Å². The fourth-order valence-electron chi connectivity index (χ4n) is 10.3. The molecule has 0 saturated carbocycles. The van der Waals surface area contributed by atoms with Crippen molar-refractivity contribution in [2.75, 3.05) is 50.8 Å². The molecule has 0 aromatic heterocycles. The predicted octanol–water partition coefficient (Wildman–Crippen LogP) is 17.4. The van der Waals surface area contributed by atoms with Crippen LogP contribution >= 0.6 is 23.5 Å². The SMILES string of the molecule is CCCCCCCCCCCCC(O)CN(CCSC(=O)/C=C/C(=O)SCCN(CC(O)CCCCCCCCCCCC)CC(O)CCCCCCCCCCCC)CC(O)CCCCCCCCCCCC. The van der Waals surface area contributed by atoms with Crippen molar-refractivity contribution in [1.29, 1.82) is 0 Å². The summed E-state index contributed by atoms with van der Waals surface area (Å²) < 4.78 is 0. The Hall–Kier alpha value is -0.460. The standard InChI is InChI=1S/C64H126N2O6S2/c1-5-9-13-17-21-25-29-33-37-41-45-59(67)55-65(56-60(68)46-42-38-34-30-26-22-18-14-10-6-2)51-53-73-63(71)49-50-64(72)74-54-52-66(57-61(69)47-43-39-35-31-27-23-19-15-11-7-3)58-62(70)48-44-40-36-32-28-24-20-16-12-8-4/h49-50,59-62,67-70H,5-48,51-58H2,1-4H3/b50-49+. The van der Waals surface area contributed by atoms with E-state index in [1.165, 1.54) is 241 Å². The summed E-state index contributed by atoms with van der Waals surface area (Å²) in [5.74, 6) is 1.05. The first-order chi connectivity index (χ1) is 36.1. The summed E-state index contributed by atoms with van der Waals surface area (Å²) in [6.07, 6.45) is 54.5. The largest absolute Gasteiger partial charge is 0.392 e. The molecule has 0 amide bonds. The highest BCUT2D eigenvalue weighted by Gasteiger charge is 2.18. The van der Waals surface area contributed by atoms with Gasteiger partial charge in [-0.15, -0.1) is 0 Å². The van der Waals surface area contributed by atoms with Gasteiger partial charge in [-0.3, -0.25) is 19.4 Å². The van der Waals surface area contributed by atoms with Gasteiger partial charge in [0.1, 0.15) is 0 Å². The van der Waals surface area contributed by atoms with Crippen molar-refractivity contribution < 1.29 is 30.0 Å². The van der Waals surface area contributed by atoms with Crippen LogP contribution in [0.3, 0.4) is 0 Å². The smallest absolute Gasteiger partial charge is 0.212 e. The Bertz CT molecular complexity index is 1040. The Morgan fingerprint density at radius 3 is 0.676 bits per heavy atom. The summed E-state index contributed by atoms with van der Waals surface area (Å²) in [5, 5.41) is 44.0. The molecule has 0 aromatic carbocycles. The third-order valence-electron chi connectivity index (χ3n) is 15.1. The molecule has 4 unspecified atom stereocenters. The number of thioether (sulfide) groups is 2. The monoisotopic (exact) mass is 1080 g/mol. The molecule has 0 aliphatic carbocycles. The zero-order valence-electron chi connectivity index (χ0n) is 49.5. The second-order valence-electron chi connectivity index (χ2n) is 22.7. The van der Waals surface area contributed by atoms with Crippen LogP contribution < -0.4 is 0 Å². The number of hydrogen-bond acceptors (Lipinski definition) is 10. The quantitative estimate of drug-likeness (QED) is 0.0346. The summed E-state index contributed by atoms with van der Waals surface area (Å²) in [5.41, 5.74) is 0. The average molecular weight is 1080 g/mol. The highest BCUT2D eigenvalue weighted by atomic mass is 32.2. The zero-order chi connectivity index (χ0) is 54.2. The summed E-state index contributed by atoms with van der Waals surface area (Å²) in [6.45, 7) is 12.2. The normalized spacial score (nSPS) is 13.7. The molecule has 74 heavy (non-hydrogen) atoms. The number of carbonyl (C=O) groups excluding carboxylic acids is 2. The van der Waals surface area contributed by atoms with Gasteiger partial charge in [-0.1, -0.05) is 308 Å². The maximum Gasteiger partial charge on any atom is 0.212 e. The topological polar surface area (TPSA) is 122 Å². The maximum atomic E-state index is 13.0. The van der Waals surface area contributed by atoms with Crippen molar-refractivity contribution >= 4 is 33.8 Å². The third-order valence-corrected chi connectivity index (χ3v) is 16.7. The lowest BCUT2D eigenvalue weighted by molar-refractivity contribution is -0.109. The molecular weight excluding hydrogens is 957 g/mol. The summed E-state index contributed by atoms with van der Waals surface area (Å²) in [6, 6.07) is 0. The van der Waals surface area contributed by atoms with E-state index < -0.39 is 24.4 Å². The number of carbonyl (C=O) groups is 2. The number of unbranched alkanes of at least 4 members (excludes halogenated alkanes) is 36. The van der Waals surface area contributed by atoms with E-state index in [4.69, 9.17) is 0 Å². The lowest BCUT2D eigenvalue weighted by Gasteiger charge is -2.27. The van der Waals surface area contributed by atoms with Crippen LogP contribution in [-0.2, 0) is 9.59 Å². The molecule has 0 spiro atoms. The van der Waals surface area contributed by atoms with E-state index >= 15 is 0 Å². The van der Waals surface area contributed by atoms with Gasteiger partial charge in [-0.05, 0) is 37.8 Å². The minimum atomic E-state index is -0.458. The van der Waals surface area contributed by atoms with Crippen LogP contribution in [0, 0.1) is 0 Å². The molecule has 4 N–H and O–H groups in total. The molecule has 0 bridgehead atoms. The second kappa shape index (κ2) is 58.7. The summed E-state index contributed by atoms with van der Waals surface area (Å²) in [4.78, 5) is 30.2. The molecular formula is C64H126N2O6S2. The number of hydrogen-bond donors (Lipinski definition) is 4. The Kier molecular flexibility index (Phi) is 58.3. The maximum absolute atomic E-state index is 13.0. The molecule has 0 fully saturated rings. The average Bonchev–Trinajstić information content (AvgIpc) is 3.37. The van der Waals surface area contributed by atoms with Crippen molar-refractivity contribution in [2.45, 2.75) is 335 Å². The minimum absolute atomic E-state index is 0.164. The lowest BCUT2D eigenvalue weighted by Crippen LogP contribution is -2.39. The van der Waals surface area contributed by atoms with E-state index in [0.29, 0.717) is 50.8 Å². The van der Waals surface area contributed by atoms with Gasteiger partial charge in [-0.25, -0.2) is 0 Å². The van der Waals surface area contributed by atoms with Gasteiger partial charge in [0.05, 0.1) is 24.4 Å². The van der Waals surface area contributed by atoms with Crippen molar-refractivity contribution in [3.63, 3.8) is 0 Å². The summed E-state index contributed by atoms with van der Waals surface area (Å²) in [7, 11) is 0. The van der Waals surface area contributed by atoms with Gasteiger partial charge in [0.2, 0.25) is 10.2 Å². The number of aliphatic hydroxyl groups excluding tert-OH is 4. The van der Waals surface area contributed by atoms with Gasteiger partial charge >= 0.3 is 0 Å². The first kappa shape index (κ1) is 73.5. The molecule has 0 aliphatic rings. The van der Waals surface area contributed by atoms with Crippen LogP contribution in [0.4, 0.5) is 0 Å². The van der Waals surface area contributed by atoms with Crippen LogP contribution in [0.1, 0.15) is 310 Å². The van der Waals surface area contributed by atoms with Crippen LogP contribution in [0.15, 0.2) is 12.2 Å². The van der Waals surface area contributed by atoms with E-state index in [1.807, 2.05) is 0 Å². The summed E-state index contributed by atoms with van der Waals surface area (Å²) >= 11 is 2.37. The van der Waals surface area contributed by atoms with Gasteiger partial charge in [0.25, 0.3) is 0 Å². The Morgan fingerprint density at radius 1 is 0.311 bits per heavy atom. The van der Waals surface area contributed by atoms with E-state index in [2.05, 4.69) is 37.5 Å². The minimum Gasteiger partial charge on any atom is -0.392 e. The highest BCUT2D eigenvalue weighted by molar-refractivity contribution is 8.14. The third kappa shape index (κ3) is 54.9. The van der Waals surface area contributed by atoms with Crippen molar-refractivity contribution in [3.8, 4) is 0 Å². The molecule has 0 aromatic rings. The predicted molar refractivity (Wildman–Crippen MR) is 327 cm³/mol. The van der Waals surface area contributed by atoms with E-state index in [-0.39, 0.29) is 10.2 Å². The zero-order valence-corrected chi connectivity index (χ0v) is 51.2. The molecule has 0 heterocycles. The van der Waals surface area contributed by atoms with Gasteiger partial charge in [0, 0.05) is 50.8 Å². The van der Waals surface area contributed by atoms with Gasteiger partial charge < -0.3 is 20.4 Å². The van der Waals surface area contributed by atoms with Gasteiger partial charge in [-0.2, -0.15) is 0 Å². The number of rotatable bonds is 60. The fraction of sp³-hybridized carbons (Fsp3) is 0.938. The van der Waals surface area contributed by atoms with E-state index in [1.54, 1.807) is 0 Å². The van der Waals surface area contributed by atoms with Gasteiger partial charge in [0.15, 0.2) is 0 Å². The molecule has 0 saturated heterocycles. The molecule has 8 nitrogen and oxygen atoms in total. The lowest BCUT2D eigenvalue weighted by atomic mass is 10.0. The van der Waals surface area contributed by atoms with E-state index in [0.717, 1.165) is 77.0 Å². The van der Waals surface area contributed by atoms with Crippen molar-refractivity contribution in [3.05, 3.63) is 12.2 Å². The van der Waals surface area contributed by atoms with Crippen LogP contribution in [0.25, 0.3) is 0 Å². The molecule has 10 heteroatoms. The Labute approximate surface area is 468 Å². The molecule has 0 radical (unpaired) electrons. The first-order valence-electron chi connectivity index (χ1n) is 32.3. The first-order valence-corrected chi connectivity index (χ1v) is 34.3. The molecule has 4 atom stereocenters. The van der Waals surface area contributed by atoms with Crippen molar-refractivity contribution in [2.24, 2.45) is 0 Å². The van der Waals surface area contributed by atoms with E-state index in [9.17, 15) is 30.0 Å². The van der Waals surface area contributed by atoms with Crippen LogP contribution in [0.2, 0.25) is 0 Å². The Morgan fingerprint density at radius 2 is 0.486 bits per heavy atom. The van der Waals surface area contributed by atoms with Crippen molar-refractivity contribution in [1.82, 2.24) is 9.80 Å². The fourth-order valence-corrected chi connectivity index (χ4v) is 11.8. The molecule has 0 rings (SSSR count). The Balaban J connectivity index is 5.05. The van der Waals surface area contributed by atoms with Crippen LogP contribution in [0.5, 0.6) is 0 Å². The second-order valence-corrected chi connectivity index (χ2v) is 24.9. The number of nitrogens with zero attached hydrogens (tertiary/aromatic N) is 2. The highest BCUT2D eigenvalue weighted by Crippen LogP contribution is 2.19. The number of aliphatic hydroxyl groups is 4.